The summed E-state index contributed by atoms with van der Waals surface area (Å²) in [6.07, 6.45) is 7.28. The summed E-state index contributed by atoms with van der Waals surface area (Å²) in [7, 11) is 0. The fourth-order valence-corrected chi connectivity index (χ4v) is 5.44. The van der Waals surface area contributed by atoms with E-state index in [4.69, 9.17) is 0 Å². The van der Waals surface area contributed by atoms with E-state index in [9.17, 15) is 4.79 Å². The second kappa shape index (κ2) is 11.8. The first-order valence-electron chi connectivity index (χ1n) is 12.6. The molecule has 0 aliphatic carbocycles. The number of carbonyl (C=O) groups excluding carboxylic acids is 1. The van der Waals surface area contributed by atoms with Crippen LogP contribution in [0.2, 0.25) is 0 Å². The second-order valence-corrected chi connectivity index (χ2v) is 9.64. The Hall–Kier alpha value is -2.87. The molecule has 33 heavy (non-hydrogen) atoms. The fraction of sp³-hybridized carbons (Fsp3) is 0.387. The van der Waals surface area contributed by atoms with Crippen LogP contribution < -0.4 is 0 Å². The van der Waals surface area contributed by atoms with Crippen LogP contribution in [0.15, 0.2) is 91.0 Å². The summed E-state index contributed by atoms with van der Waals surface area (Å²) in [5.74, 6) is 1.46. The van der Waals surface area contributed by atoms with Crippen molar-refractivity contribution in [2.24, 2.45) is 11.8 Å². The van der Waals surface area contributed by atoms with Gasteiger partial charge in [0, 0.05) is 12.6 Å². The lowest BCUT2D eigenvalue weighted by Crippen LogP contribution is -2.52. The van der Waals surface area contributed by atoms with Crippen molar-refractivity contribution in [3.8, 4) is 0 Å². The van der Waals surface area contributed by atoms with E-state index in [-0.39, 0.29) is 11.9 Å². The van der Waals surface area contributed by atoms with Crippen LogP contribution in [0.4, 0.5) is 0 Å². The number of likely N-dealkylation sites (tertiary alicyclic amines) is 1. The highest BCUT2D eigenvalue weighted by Gasteiger charge is 2.37. The molecule has 1 heterocycles. The van der Waals surface area contributed by atoms with Gasteiger partial charge in [0.25, 0.3) is 0 Å². The third kappa shape index (κ3) is 6.57. The predicted octanol–water partition coefficient (Wildman–Crippen LogP) is 6.74. The molecular formula is C31H37NO. The zero-order valence-corrected chi connectivity index (χ0v) is 19.9. The van der Waals surface area contributed by atoms with Crippen molar-refractivity contribution < 1.29 is 4.79 Å². The topological polar surface area (TPSA) is 20.3 Å². The van der Waals surface area contributed by atoms with Gasteiger partial charge in [-0.1, -0.05) is 111 Å². The van der Waals surface area contributed by atoms with E-state index in [1.807, 2.05) is 18.2 Å². The average molecular weight is 440 g/mol. The van der Waals surface area contributed by atoms with E-state index in [1.165, 1.54) is 30.4 Å². The van der Waals surface area contributed by atoms with Crippen LogP contribution in [0, 0.1) is 11.8 Å². The molecule has 0 bridgehead atoms. The van der Waals surface area contributed by atoms with Gasteiger partial charge in [0.05, 0.1) is 6.42 Å². The van der Waals surface area contributed by atoms with Crippen molar-refractivity contribution >= 4 is 5.91 Å². The minimum absolute atomic E-state index is 0.259. The largest absolute Gasteiger partial charge is 0.339 e. The monoisotopic (exact) mass is 439 g/mol. The molecule has 172 valence electrons. The van der Waals surface area contributed by atoms with Crippen LogP contribution in [0.3, 0.4) is 0 Å². The molecule has 1 unspecified atom stereocenters. The fourth-order valence-electron chi connectivity index (χ4n) is 5.44. The molecule has 2 heteroatoms. The molecule has 3 aromatic carbocycles. The molecule has 1 fully saturated rings. The Morgan fingerprint density at radius 2 is 1.30 bits per heavy atom. The predicted molar refractivity (Wildman–Crippen MR) is 137 cm³/mol. The third-order valence-electron chi connectivity index (χ3n) is 7.22. The lowest BCUT2D eigenvalue weighted by atomic mass is 9.75. The zero-order chi connectivity index (χ0) is 22.9. The quantitative estimate of drug-likeness (QED) is 0.362. The summed E-state index contributed by atoms with van der Waals surface area (Å²) in [5, 5.41) is 0. The van der Waals surface area contributed by atoms with Gasteiger partial charge in [0.15, 0.2) is 0 Å². The van der Waals surface area contributed by atoms with Crippen molar-refractivity contribution in [1.29, 1.82) is 0 Å². The molecule has 0 spiro atoms. The Morgan fingerprint density at radius 1 is 0.758 bits per heavy atom. The maximum Gasteiger partial charge on any atom is 0.227 e. The van der Waals surface area contributed by atoms with Gasteiger partial charge in [-0.15, -0.1) is 0 Å². The minimum Gasteiger partial charge on any atom is -0.339 e. The Morgan fingerprint density at radius 3 is 1.88 bits per heavy atom. The number of hydrogen-bond donors (Lipinski definition) is 0. The summed E-state index contributed by atoms with van der Waals surface area (Å²) in [5.41, 5.74) is 3.86. The number of nitrogens with zero attached hydrogens (tertiary/aromatic N) is 1. The van der Waals surface area contributed by atoms with Gasteiger partial charge < -0.3 is 4.90 Å². The summed E-state index contributed by atoms with van der Waals surface area (Å²) < 4.78 is 0. The van der Waals surface area contributed by atoms with Crippen LogP contribution in [0.5, 0.6) is 0 Å². The molecule has 0 saturated carbocycles. The maximum absolute atomic E-state index is 13.6. The molecule has 0 aromatic heterocycles. The van der Waals surface area contributed by atoms with Crippen LogP contribution in [-0.4, -0.2) is 23.4 Å². The van der Waals surface area contributed by atoms with E-state index in [1.54, 1.807) is 0 Å². The Labute approximate surface area is 199 Å². The van der Waals surface area contributed by atoms with E-state index < -0.39 is 0 Å². The van der Waals surface area contributed by atoms with E-state index in [2.05, 4.69) is 84.6 Å². The molecule has 3 atom stereocenters. The Balaban J connectivity index is 1.57. The Kier molecular flexibility index (Phi) is 8.35. The van der Waals surface area contributed by atoms with Crippen LogP contribution in [0.1, 0.15) is 49.3 Å². The number of benzene rings is 3. The van der Waals surface area contributed by atoms with E-state index in [0.717, 1.165) is 31.4 Å². The lowest BCUT2D eigenvalue weighted by Gasteiger charge is -2.45. The van der Waals surface area contributed by atoms with Crippen LogP contribution in [-0.2, 0) is 24.1 Å². The summed E-state index contributed by atoms with van der Waals surface area (Å²) >= 11 is 0. The standard InChI is InChI=1S/C31H37NO/c1-2-3-19-28-24-32(31(33)22-27-17-11-6-12-18-27)30(21-26-15-9-5-10-16-26)23-29(28)20-25-13-7-4-8-14-25/h4-18,28-30H,2-3,19-24H2,1H3/t28-,29?,30+/m1/s1. The first-order chi connectivity index (χ1) is 16.2. The molecule has 0 N–H and O–H groups in total. The van der Waals surface area contributed by atoms with Crippen LogP contribution >= 0.6 is 0 Å². The highest BCUT2D eigenvalue weighted by atomic mass is 16.2. The number of hydrogen-bond acceptors (Lipinski definition) is 1. The summed E-state index contributed by atoms with van der Waals surface area (Å²) in [4.78, 5) is 15.8. The maximum atomic E-state index is 13.6. The van der Waals surface area contributed by atoms with Crippen molar-refractivity contribution in [2.45, 2.75) is 57.9 Å². The van der Waals surface area contributed by atoms with Gasteiger partial charge in [-0.2, -0.15) is 0 Å². The molecule has 1 amide bonds. The average Bonchev–Trinajstić information content (AvgIpc) is 2.85. The molecular weight excluding hydrogens is 402 g/mol. The van der Waals surface area contributed by atoms with Gasteiger partial charge in [-0.3, -0.25) is 4.79 Å². The second-order valence-electron chi connectivity index (χ2n) is 9.64. The number of piperidine rings is 1. The Bertz CT molecular complexity index is 970. The normalized spacial score (nSPS) is 20.5. The number of amides is 1. The first-order valence-corrected chi connectivity index (χ1v) is 12.6. The molecule has 1 aliphatic rings. The van der Waals surface area contributed by atoms with Crippen LogP contribution in [0.25, 0.3) is 0 Å². The van der Waals surface area contributed by atoms with Crippen molar-refractivity contribution in [3.05, 3.63) is 108 Å². The highest BCUT2D eigenvalue weighted by molar-refractivity contribution is 5.79. The van der Waals surface area contributed by atoms with Crippen molar-refractivity contribution in [2.75, 3.05) is 6.54 Å². The molecule has 2 nitrogen and oxygen atoms in total. The van der Waals surface area contributed by atoms with E-state index >= 15 is 0 Å². The third-order valence-corrected chi connectivity index (χ3v) is 7.22. The van der Waals surface area contributed by atoms with Gasteiger partial charge >= 0.3 is 0 Å². The molecule has 0 radical (unpaired) electrons. The van der Waals surface area contributed by atoms with Crippen molar-refractivity contribution in [1.82, 2.24) is 4.90 Å². The SMILES string of the molecule is CCCC[C@@H]1CN(C(=O)Cc2ccccc2)[C@@H](Cc2ccccc2)CC1Cc1ccccc1. The van der Waals surface area contributed by atoms with Gasteiger partial charge in [-0.25, -0.2) is 0 Å². The molecule has 1 aliphatic heterocycles. The zero-order valence-electron chi connectivity index (χ0n) is 19.9. The number of rotatable bonds is 9. The molecule has 4 rings (SSSR count). The molecule has 1 saturated heterocycles. The van der Waals surface area contributed by atoms with E-state index in [0.29, 0.717) is 18.3 Å². The van der Waals surface area contributed by atoms with Gasteiger partial charge in [0.2, 0.25) is 5.91 Å². The smallest absolute Gasteiger partial charge is 0.227 e. The highest BCUT2D eigenvalue weighted by Crippen LogP contribution is 2.35. The molecule has 3 aromatic rings. The van der Waals surface area contributed by atoms with Gasteiger partial charge in [-0.05, 0) is 54.2 Å². The number of unbranched alkanes of at least 4 members (excludes halogenated alkanes) is 1. The summed E-state index contributed by atoms with van der Waals surface area (Å²) in [6.45, 7) is 3.16. The lowest BCUT2D eigenvalue weighted by molar-refractivity contribution is -0.136. The summed E-state index contributed by atoms with van der Waals surface area (Å²) in [6, 6.07) is 32.1. The number of carbonyl (C=O) groups is 1. The first kappa shape index (κ1) is 23.3. The minimum atomic E-state index is 0.259. The van der Waals surface area contributed by atoms with Gasteiger partial charge in [0.1, 0.15) is 0 Å². The van der Waals surface area contributed by atoms with Crippen molar-refractivity contribution in [3.63, 3.8) is 0 Å².